The number of aryl methyl sites for hydroxylation is 1. The topological polar surface area (TPSA) is 103 Å². The van der Waals surface area contributed by atoms with Crippen LogP contribution < -0.4 is 15.6 Å². The third-order valence-electron chi connectivity index (χ3n) is 4.37. The number of hydrogen-bond donors (Lipinski definition) is 1. The number of rotatable bonds is 0. The Hall–Kier alpha value is -2.58. The van der Waals surface area contributed by atoms with Gasteiger partial charge in [-0.3, -0.25) is 14.2 Å². The Kier molecular flexibility index (Phi) is 4.64. The fraction of sp³-hybridized carbons (Fsp3) is 0.647. The molecule has 1 saturated heterocycles. The van der Waals surface area contributed by atoms with Gasteiger partial charge in [0.15, 0.2) is 6.61 Å². The van der Waals surface area contributed by atoms with Gasteiger partial charge in [-0.25, -0.2) is 4.79 Å². The molecule has 2 bridgehead atoms. The molecule has 2 aliphatic rings. The summed E-state index contributed by atoms with van der Waals surface area (Å²) < 4.78 is 12.7. The maximum absolute atomic E-state index is 12.6. The van der Waals surface area contributed by atoms with E-state index in [1.54, 1.807) is 22.6 Å². The van der Waals surface area contributed by atoms with E-state index in [-0.39, 0.29) is 30.6 Å². The second-order valence-electron chi connectivity index (χ2n) is 7.69. The first-order chi connectivity index (χ1) is 12.1. The second kappa shape index (κ2) is 6.62. The third kappa shape index (κ3) is 3.81. The summed E-state index contributed by atoms with van der Waals surface area (Å²) in [7, 11) is 0. The zero-order chi connectivity index (χ0) is 19.1. The lowest BCUT2D eigenvalue weighted by molar-refractivity contribution is -0.123. The lowest BCUT2D eigenvalue weighted by Gasteiger charge is -2.28. The molecular formula is C17H24N4O5. The summed E-state index contributed by atoms with van der Waals surface area (Å²) in [5.41, 5.74) is -0.529. The van der Waals surface area contributed by atoms with Crippen molar-refractivity contribution in [1.82, 2.24) is 19.8 Å². The van der Waals surface area contributed by atoms with Gasteiger partial charge >= 0.3 is 12.1 Å². The Labute approximate surface area is 151 Å². The molecule has 2 amide bonds. The minimum Gasteiger partial charge on any atom is -0.454 e. The van der Waals surface area contributed by atoms with Gasteiger partial charge in [0.05, 0.1) is 12.1 Å². The number of likely N-dealkylation sites (tertiary alicyclic amines) is 1. The Morgan fingerprint density at radius 2 is 2.08 bits per heavy atom. The van der Waals surface area contributed by atoms with Gasteiger partial charge < -0.3 is 19.7 Å². The average Bonchev–Trinajstić information content (AvgIpc) is 2.95. The first-order valence-electron chi connectivity index (χ1n) is 8.63. The van der Waals surface area contributed by atoms with Gasteiger partial charge in [0.2, 0.25) is 0 Å². The number of fused-ring (bicyclic) bond motifs is 4. The Balaban J connectivity index is 1.95. The van der Waals surface area contributed by atoms with Crippen LogP contribution in [0.1, 0.15) is 38.8 Å². The normalized spacial score (nSPS) is 22.9. The molecule has 0 unspecified atom stereocenters. The average molecular weight is 364 g/mol. The number of hydrogen-bond acceptors (Lipinski definition) is 6. The van der Waals surface area contributed by atoms with E-state index in [9.17, 15) is 14.4 Å². The summed E-state index contributed by atoms with van der Waals surface area (Å²) in [5.74, 6) is -0.333. The van der Waals surface area contributed by atoms with Crippen LogP contribution in [0.2, 0.25) is 0 Å². The smallest absolute Gasteiger partial charge is 0.410 e. The van der Waals surface area contributed by atoms with Crippen molar-refractivity contribution >= 4 is 12.0 Å². The van der Waals surface area contributed by atoms with E-state index < -0.39 is 17.3 Å². The highest BCUT2D eigenvalue weighted by Gasteiger charge is 2.39. The standard InChI is InChI=1S/C17H24N4O5/c1-10-7-20-12-5-11(21(8-12)16(24)26-17(2,3)4)6-18-13(22)9-25-15(20)19-14(10)23/h7,11-12H,5-6,8-9H2,1-4H3,(H,18,22)/t11-,12-/m1/s1. The van der Waals surface area contributed by atoms with Crippen molar-refractivity contribution < 1.29 is 19.1 Å². The van der Waals surface area contributed by atoms with Gasteiger partial charge in [-0.05, 0) is 34.1 Å². The molecule has 1 aromatic rings. The summed E-state index contributed by atoms with van der Waals surface area (Å²) in [6.45, 7) is 7.57. The molecule has 0 radical (unpaired) electrons. The van der Waals surface area contributed by atoms with E-state index in [4.69, 9.17) is 9.47 Å². The summed E-state index contributed by atoms with van der Waals surface area (Å²) in [6.07, 6.45) is 1.84. The number of aromatic nitrogens is 2. The van der Waals surface area contributed by atoms with Crippen molar-refractivity contribution in [2.75, 3.05) is 19.7 Å². The number of carbonyl (C=O) groups is 2. The lowest BCUT2D eigenvalue weighted by atomic mass is 10.1. The van der Waals surface area contributed by atoms with E-state index in [1.165, 1.54) is 0 Å². The van der Waals surface area contributed by atoms with Crippen LogP contribution in [0.3, 0.4) is 0 Å². The first kappa shape index (κ1) is 18.2. The van der Waals surface area contributed by atoms with Crippen LogP contribution in [-0.4, -0.2) is 57.8 Å². The fourth-order valence-electron chi connectivity index (χ4n) is 3.16. The number of amides is 2. The maximum Gasteiger partial charge on any atom is 0.410 e. The van der Waals surface area contributed by atoms with Gasteiger partial charge in [-0.1, -0.05) is 0 Å². The van der Waals surface area contributed by atoms with Crippen LogP contribution in [0.4, 0.5) is 4.79 Å². The van der Waals surface area contributed by atoms with Gasteiger partial charge in [0.25, 0.3) is 11.5 Å². The zero-order valence-electron chi connectivity index (χ0n) is 15.4. The zero-order valence-corrected chi connectivity index (χ0v) is 15.4. The molecular weight excluding hydrogens is 340 g/mol. The predicted molar refractivity (Wildman–Crippen MR) is 92.1 cm³/mol. The van der Waals surface area contributed by atoms with Crippen LogP contribution in [0.25, 0.3) is 0 Å². The largest absolute Gasteiger partial charge is 0.454 e. The predicted octanol–water partition coefficient (Wildman–Crippen LogP) is 0.611. The van der Waals surface area contributed by atoms with Crippen molar-refractivity contribution in [3.05, 3.63) is 22.1 Å². The monoisotopic (exact) mass is 364 g/mol. The molecule has 142 valence electrons. The molecule has 9 nitrogen and oxygen atoms in total. The molecule has 26 heavy (non-hydrogen) atoms. The van der Waals surface area contributed by atoms with Crippen molar-refractivity contribution in [3.8, 4) is 6.01 Å². The van der Waals surface area contributed by atoms with Crippen LogP contribution in [0.5, 0.6) is 6.01 Å². The van der Waals surface area contributed by atoms with Gasteiger partial charge in [-0.2, -0.15) is 4.98 Å². The van der Waals surface area contributed by atoms with Crippen molar-refractivity contribution in [2.45, 2.75) is 51.8 Å². The Morgan fingerprint density at radius 1 is 1.35 bits per heavy atom. The SMILES string of the molecule is Cc1cn2c(nc1=O)OCC(=O)NC[C@H]1C[C@@H]2CN1C(=O)OC(C)(C)C. The van der Waals surface area contributed by atoms with E-state index in [1.807, 2.05) is 20.8 Å². The fourth-order valence-corrected chi connectivity index (χ4v) is 3.16. The van der Waals surface area contributed by atoms with Crippen LogP contribution >= 0.6 is 0 Å². The molecule has 0 spiro atoms. The molecule has 3 rings (SSSR count). The van der Waals surface area contributed by atoms with E-state index in [0.29, 0.717) is 25.1 Å². The number of nitrogens with one attached hydrogen (secondary N) is 1. The van der Waals surface area contributed by atoms with E-state index >= 15 is 0 Å². The quantitative estimate of drug-likeness (QED) is 0.724. The molecule has 0 aliphatic carbocycles. The highest BCUT2D eigenvalue weighted by molar-refractivity contribution is 5.77. The highest BCUT2D eigenvalue weighted by Crippen LogP contribution is 2.31. The minimum absolute atomic E-state index is 0.0902. The third-order valence-corrected chi connectivity index (χ3v) is 4.37. The summed E-state index contributed by atoms with van der Waals surface area (Å²) in [5, 5.41) is 2.76. The highest BCUT2D eigenvalue weighted by atomic mass is 16.6. The summed E-state index contributed by atoms with van der Waals surface area (Å²) >= 11 is 0. The summed E-state index contributed by atoms with van der Waals surface area (Å²) in [6, 6.07) is -0.235. The molecule has 1 aromatic heterocycles. The number of carbonyl (C=O) groups excluding carboxylic acids is 2. The van der Waals surface area contributed by atoms with Crippen LogP contribution in [0, 0.1) is 6.92 Å². The molecule has 2 aliphatic heterocycles. The van der Waals surface area contributed by atoms with Crippen LogP contribution in [0.15, 0.2) is 11.0 Å². The van der Waals surface area contributed by atoms with E-state index in [2.05, 4.69) is 10.3 Å². The van der Waals surface area contributed by atoms with Gasteiger partial charge in [0, 0.05) is 24.8 Å². The van der Waals surface area contributed by atoms with Gasteiger partial charge in [-0.15, -0.1) is 0 Å². The second-order valence-corrected chi connectivity index (χ2v) is 7.69. The molecule has 1 N–H and O–H groups in total. The number of ether oxygens (including phenoxy) is 2. The van der Waals surface area contributed by atoms with Crippen molar-refractivity contribution in [1.29, 1.82) is 0 Å². The number of nitrogens with zero attached hydrogens (tertiary/aromatic N) is 3. The Bertz CT molecular complexity index is 782. The minimum atomic E-state index is -0.610. The lowest BCUT2D eigenvalue weighted by Crippen LogP contribution is -2.45. The Morgan fingerprint density at radius 3 is 2.77 bits per heavy atom. The molecule has 0 aromatic carbocycles. The molecule has 3 heterocycles. The molecule has 1 fully saturated rings. The molecule has 9 heteroatoms. The van der Waals surface area contributed by atoms with Crippen molar-refractivity contribution in [3.63, 3.8) is 0 Å². The van der Waals surface area contributed by atoms with Crippen LogP contribution in [-0.2, 0) is 9.53 Å². The van der Waals surface area contributed by atoms with Gasteiger partial charge in [0.1, 0.15) is 5.60 Å². The molecule has 2 atom stereocenters. The molecule has 0 saturated carbocycles. The first-order valence-corrected chi connectivity index (χ1v) is 8.63. The summed E-state index contributed by atoms with van der Waals surface area (Å²) in [4.78, 5) is 42.0. The van der Waals surface area contributed by atoms with E-state index in [0.717, 1.165) is 0 Å². The maximum atomic E-state index is 12.6. The van der Waals surface area contributed by atoms with Crippen molar-refractivity contribution in [2.24, 2.45) is 0 Å².